The van der Waals surface area contributed by atoms with Gasteiger partial charge in [0, 0.05) is 19.7 Å². The predicted octanol–water partition coefficient (Wildman–Crippen LogP) is 1.82. The summed E-state index contributed by atoms with van der Waals surface area (Å²) in [6, 6.07) is 1.77. The van der Waals surface area contributed by atoms with Gasteiger partial charge in [-0.1, -0.05) is 6.42 Å². The standard InChI is InChI=1S/C12H17N3O/c1-15(11-5-6-14-8-10(11)13)12(16)7-9-3-2-4-9/h5-6,8-9H,2-4,7,13H2,1H3. The molecular weight excluding hydrogens is 202 g/mol. The number of amides is 1. The van der Waals surface area contributed by atoms with Crippen LogP contribution in [0, 0.1) is 5.92 Å². The Morgan fingerprint density at radius 2 is 2.38 bits per heavy atom. The Morgan fingerprint density at radius 1 is 1.62 bits per heavy atom. The average molecular weight is 219 g/mol. The van der Waals surface area contributed by atoms with Crippen LogP contribution in [0.1, 0.15) is 25.7 Å². The minimum absolute atomic E-state index is 0.141. The van der Waals surface area contributed by atoms with E-state index in [1.807, 2.05) is 0 Å². The quantitative estimate of drug-likeness (QED) is 0.843. The molecule has 0 atom stereocenters. The SMILES string of the molecule is CN(C(=O)CC1CCC1)c1ccncc1N. The highest BCUT2D eigenvalue weighted by atomic mass is 16.2. The van der Waals surface area contributed by atoms with Gasteiger partial charge in [0.25, 0.3) is 0 Å². The number of nitrogens with two attached hydrogens (primary N) is 1. The molecule has 1 heterocycles. The van der Waals surface area contributed by atoms with Crippen molar-refractivity contribution in [1.29, 1.82) is 0 Å². The second kappa shape index (κ2) is 4.51. The number of hydrogen-bond acceptors (Lipinski definition) is 3. The molecule has 4 nitrogen and oxygen atoms in total. The van der Waals surface area contributed by atoms with E-state index in [9.17, 15) is 4.79 Å². The fourth-order valence-corrected chi connectivity index (χ4v) is 1.92. The van der Waals surface area contributed by atoms with Crippen LogP contribution in [-0.2, 0) is 4.79 Å². The Hall–Kier alpha value is -1.58. The van der Waals surface area contributed by atoms with Crippen LogP contribution in [0.3, 0.4) is 0 Å². The van der Waals surface area contributed by atoms with E-state index < -0.39 is 0 Å². The molecule has 1 aliphatic rings. The van der Waals surface area contributed by atoms with E-state index in [1.165, 1.54) is 19.3 Å². The van der Waals surface area contributed by atoms with Gasteiger partial charge in [0.2, 0.25) is 5.91 Å². The van der Waals surface area contributed by atoms with Crippen molar-refractivity contribution in [2.45, 2.75) is 25.7 Å². The summed E-state index contributed by atoms with van der Waals surface area (Å²) in [6.45, 7) is 0. The topological polar surface area (TPSA) is 59.2 Å². The van der Waals surface area contributed by atoms with Gasteiger partial charge in [0.15, 0.2) is 0 Å². The van der Waals surface area contributed by atoms with Crippen molar-refractivity contribution in [3.8, 4) is 0 Å². The maximum absolute atomic E-state index is 11.9. The number of aromatic nitrogens is 1. The van der Waals surface area contributed by atoms with Crippen LogP contribution in [0.4, 0.5) is 11.4 Å². The summed E-state index contributed by atoms with van der Waals surface area (Å²) in [7, 11) is 1.77. The first-order valence-electron chi connectivity index (χ1n) is 5.64. The number of pyridine rings is 1. The molecule has 0 spiro atoms. The van der Waals surface area contributed by atoms with Gasteiger partial charge in [0.05, 0.1) is 17.6 Å². The number of hydrogen-bond donors (Lipinski definition) is 1. The lowest BCUT2D eigenvalue weighted by Gasteiger charge is -2.27. The summed E-state index contributed by atoms with van der Waals surface area (Å²) in [6.07, 6.45) is 7.50. The monoisotopic (exact) mass is 219 g/mol. The Kier molecular flexibility index (Phi) is 3.08. The van der Waals surface area contributed by atoms with E-state index in [4.69, 9.17) is 5.73 Å². The van der Waals surface area contributed by atoms with Gasteiger partial charge in [-0.15, -0.1) is 0 Å². The summed E-state index contributed by atoms with van der Waals surface area (Å²) in [5.74, 6) is 0.723. The summed E-state index contributed by atoms with van der Waals surface area (Å²) < 4.78 is 0. The lowest BCUT2D eigenvalue weighted by Crippen LogP contribution is -2.30. The molecule has 0 saturated heterocycles. The largest absolute Gasteiger partial charge is 0.396 e. The molecule has 1 aromatic heterocycles. The Morgan fingerprint density at radius 3 is 2.94 bits per heavy atom. The van der Waals surface area contributed by atoms with Crippen molar-refractivity contribution < 1.29 is 4.79 Å². The van der Waals surface area contributed by atoms with Gasteiger partial charge in [-0.3, -0.25) is 9.78 Å². The van der Waals surface area contributed by atoms with Crippen molar-refractivity contribution in [2.24, 2.45) is 5.92 Å². The number of anilines is 2. The van der Waals surface area contributed by atoms with Crippen LogP contribution in [0.2, 0.25) is 0 Å². The lowest BCUT2D eigenvalue weighted by atomic mass is 9.82. The molecule has 0 radical (unpaired) electrons. The summed E-state index contributed by atoms with van der Waals surface area (Å²) in [5, 5.41) is 0. The van der Waals surface area contributed by atoms with E-state index in [2.05, 4.69) is 4.98 Å². The molecule has 0 bridgehead atoms. The summed E-state index contributed by atoms with van der Waals surface area (Å²) in [4.78, 5) is 17.5. The van der Waals surface area contributed by atoms with Gasteiger partial charge in [-0.05, 0) is 24.8 Å². The fraction of sp³-hybridized carbons (Fsp3) is 0.500. The number of nitrogens with zero attached hydrogens (tertiary/aromatic N) is 2. The minimum atomic E-state index is 0.141. The second-order valence-corrected chi connectivity index (χ2v) is 4.39. The third-order valence-corrected chi connectivity index (χ3v) is 3.25. The molecule has 0 aromatic carbocycles. The first kappa shape index (κ1) is 10.9. The summed E-state index contributed by atoms with van der Waals surface area (Å²) >= 11 is 0. The molecular formula is C12H17N3O. The number of carbonyl (C=O) groups is 1. The van der Waals surface area contributed by atoms with E-state index in [0.29, 0.717) is 18.0 Å². The molecule has 1 fully saturated rings. The zero-order valence-electron chi connectivity index (χ0n) is 9.52. The third kappa shape index (κ3) is 2.15. The highest BCUT2D eigenvalue weighted by Crippen LogP contribution is 2.31. The maximum Gasteiger partial charge on any atom is 0.227 e. The molecule has 1 saturated carbocycles. The van der Waals surface area contributed by atoms with E-state index in [-0.39, 0.29) is 5.91 Å². The van der Waals surface area contributed by atoms with Crippen LogP contribution >= 0.6 is 0 Å². The lowest BCUT2D eigenvalue weighted by molar-refractivity contribution is -0.119. The van der Waals surface area contributed by atoms with Crippen molar-refractivity contribution >= 4 is 17.3 Å². The van der Waals surface area contributed by atoms with E-state index in [1.54, 1.807) is 30.4 Å². The van der Waals surface area contributed by atoms with Crippen LogP contribution in [0.15, 0.2) is 18.5 Å². The van der Waals surface area contributed by atoms with Crippen LogP contribution in [0.25, 0.3) is 0 Å². The maximum atomic E-state index is 11.9. The van der Waals surface area contributed by atoms with Gasteiger partial charge in [0.1, 0.15) is 0 Å². The van der Waals surface area contributed by atoms with E-state index in [0.717, 1.165) is 5.69 Å². The van der Waals surface area contributed by atoms with Crippen LogP contribution < -0.4 is 10.6 Å². The molecule has 0 unspecified atom stereocenters. The molecule has 16 heavy (non-hydrogen) atoms. The predicted molar refractivity (Wildman–Crippen MR) is 64.0 cm³/mol. The second-order valence-electron chi connectivity index (χ2n) is 4.39. The van der Waals surface area contributed by atoms with Gasteiger partial charge < -0.3 is 10.6 Å². The Balaban J connectivity index is 2.03. The number of nitrogen functional groups attached to an aromatic ring is 1. The summed E-state index contributed by atoms with van der Waals surface area (Å²) in [5.41, 5.74) is 7.08. The Bertz CT molecular complexity index is 388. The van der Waals surface area contributed by atoms with Crippen LogP contribution in [-0.4, -0.2) is 17.9 Å². The average Bonchev–Trinajstić information content (AvgIpc) is 2.23. The highest BCUT2D eigenvalue weighted by molar-refractivity contribution is 5.95. The first-order chi connectivity index (χ1) is 7.68. The highest BCUT2D eigenvalue weighted by Gasteiger charge is 2.23. The molecule has 0 aliphatic heterocycles. The zero-order valence-corrected chi connectivity index (χ0v) is 9.52. The van der Waals surface area contributed by atoms with E-state index >= 15 is 0 Å². The number of carbonyl (C=O) groups excluding carboxylic acids is 1. The van der Waals surface area contributed by atoms with Crippen molar-refractivity contribution in [3.63, 3.8) is 0 Å². The minimum Gasteiger partial charge on any atom is -0.396 e. The fourth-order valence-electron chi connectivity index (χ4n) is 1.92. The molecule has 1 aromatic rings. The molecule has 2 N–H and O–H groups in total. The van der Waals surface area contributed by atoms with Crippen molar-refractivity contribution in [2.75, 3.05) is 17.7 Å². The van der Waals surface area contributed by atoms with Gasteiger partial charge in [-0.25, -0.2) is 0 Å². The molecule has 1 amide bonds. The first-order valence-corrected chi connectivity index (χ1v) is 5.64. The molecule has 4 heteroatoms. The molecule has 86 valence electrons. The molecule has 1 aliphatic carbocycles. The Labute approximate surface area is 95.5 Å². The van der Waals surface area contributed by atoms with Gasteiger partial charge in [-0.2, -0.15) is 0 Å². The van der Waals surface area contributed by atoms with Gasteiger partial charge >= 0.3 is 0 Å². The van der Waals surface area contributed by atoms with Crippen molar-refractivity contribution in [3.05, 3.63) is 18.5 Å². The smallest absolute Gasteiger partial charge is 0.227 e. The van der Waals surface area contributed by atoms with Crippen LogP contribution in [0.5, 0.6) is 0 Å². The normalized spacial score (nSPS) is 15.6. The third-order valence-electron chi connectivity index (χ3n) is 3.25. The van der Waals surface area contributed by atoms with Crippen molar-refractivity contribution in [1.82, 2.24) is 4.98 Å². The number of rotatable bonds is 3. The zero-order chi connectivity index (χ0) is 11.5. The molecule has 2 rings (SSSR count).